The van der Waals surface area contributed by atoms with E-state index >= 15 is 0 Å². The summed E-state index contributed by atoms with van der Waals surface area (Å²) in [6.07, 6.45) is 7.80. The van der Waals surface area contributed by atoms with E-state index in [0.717, 1.165) is 45.5 Å². The Morgan fingerprint density at radius 3 is 2.60 bits per heavy atom. The van der Waals surface area contributed by atoms with Crippen LogP contribution >= 0.6 is 23.1 Å². The Bertz CT molecular complexity index is 1650. The molecule has 1 atom stereocenters. The van der Waals surface area contributed by atoms with E-state index < -0.39 is 31.0 Å². The zero-order valence-electron chi connectivity index (χ0n) is 24.1. The van der Waals surface area contributed by atoms with Crippen LogP contribution < -0.4 is 13.2 Å². The van der Waals surface area contributed by atoms with Gasteiger partial charge in [-0.05, 0) is 0 Å². The molecule has 0 amide bonds. The molecule has 3 aromatic rings. The van der Waals surface area contributed by atoms with Gasteiger partial charge in [-0.15, -0.1) is 0 Å². The van der Waals surface area contributed by atoms with Crippen LogP contribution in [0.1, 0.15) is 36.6 Å². The van der Waals surface area contributed by atoms with E-state index in [1.165, 1.54) is 19.2 Å². The second-order valence-electron chi connectivity index (χ2n) is 9.79. The quantitative estimate of drug-likeness (QED) is 0.157. The molecular weight excluding hydrogens is 704 g/mol. The fourth-order valence-electron chi connectivity index (χ4n) is 4.96. The van der Waals surface area contributed by atoms with Crippen molar-refractivity contribution < 1.29 is 27.0 Å². The maximum atomic E-state index is 11.5. The number of ether oxygens (including phenoxy) is 2. The summed E-state index contributed by atoms with van der Waals surface area (Å²) < 4.78 is 47.6. The minimum Gasteiger partial charge on any atom is -0.286 e. The third-order valence-electron chi connectivity index (χ3n) is 7.07. The van der Waals surface area contributed by atoms with Crippen molar-refractivity contribution in [2.24, 2.45) is 0 Å². The Hall–Kier alpha value is -2.10. The van der Waals surface area contributed by atoms with Gasteiger partial charge in [0.15, 0.2) is 0 Å². The molecule has 3 heterocycles. The van der Waals surface area contributed by atoms with E-state index in [9.17, 15) is 13.0 Å². The maximum absolute atomic E-state index is 11.5. The Morgan fingerprint density at radius 2 is 1.93 bits per heavy atom. The van der Waals surface area contributed by atoms with Crippen LogP contribution in [0.5, 0.6) is 0 Å². The SMILES string of the molecule is CCC(=Cc1sc2c([n+]1CC)[Te]C(OC)C(OC)=C2)C=C1Sc2ccc(-c3ccccc3)cc2N1CCCS(=O)(=O)O. The van der Waals surface area contributed by atoms with E-state index in [1.807, 2.05) is 18.2 Å². The van der Waals surface area contributed by atoms with Gasteiger partial charge in [0.2, 0.25) is 0 Å². The van der Waals surface area contributed by atoms with Gasteiger partial charge in [-0.1, -0.05) is 30.3 Å². The number of thiazole rings is 1. The molecule has 11 heteroatoms. The average molecular weight is 739 g/mol. The van der Waals surface area contributed by atoms with Gasteiger partial charge in [0, 0.05) is 0 Å². The molecule has 0 aliphatic carbocycles. The van der Waals surface area contributed by atoms with Crippen molar-refractivity contribution in [2.75, 3.05) is 31.4 Å². The van der Waals surface area contributed by atoms with Crippen LogP contribution in [0.4, 0.5) is 5.69 Å². The summed E-state index contributed by atoms with van der Waals surface area (Å²) in [5.74, 6) is 0.632. The molecule has 0 fully saturated rings. The number of aromatic nitrogens is 1. The van der Waals surface area contributed by atoms with Crippen LogP contribution in [-0.4, -0.2) is 64.6 Å². The number of hydrogen-bond acceptors (Lipinski definition) is 7. The molecule has 0 saturated carbocycles. The van der Waals surface area contributed by atoms with E-state index in [2.05, 4.69) is 71.9 Å². The molecule has 5 rings (SSSR count). The number of hydrogen-bond donors (Lipinski definition) is 1. The van der Waals surface area contributed by atoms with Crippen LogP contribution in [0, 0.1) is 0 Å². The molecule has 7 nitrogen and oxygen atoms in total. The van der Waals surface area contributed by atoms with Gasteiger partial charge < -0.3 is 0 Å². The first-order valence-electron chi connectivity index (χ1n) is 13.8. The van der Waals surface area contributed by atoms with Gasteiger partial charge in [-0.3, -0.25) is 4.55 Å². The van der Waals surface area contributed by atoms with E-state index in [-0.39, 0.29) is 9.90 Å². The Balaban J connectivity index is 1.51. The van der Waals surface area contributed by atoms with Crippen molar-refractivity contribution in [3.8, 4) is 11.1 Å². The van der Waals surface area contributed by atoms with Crippen molar-refractivity contribution in [1.29, 1.82) is 0 Å². The predicted octanol–water partition coefficient (Wildman–Crippen LogP) is 5.55. The number of anilines is 1. The van der Waals surface area contributed by atoms with Crippen molar-refractivity contribution in [2.45, 2.75) is 42.3 Å². The van der Waals surface area contributed by atoms with Crippen molar-refractivity contribution in [3.05, 3.63) is 80.9 Å². The molecule has 1 aromatic heterocycles. The Kier molecular flexibility index (Phi) is 10.2. The fraction of sp³-hybridized carbons (Fsp3) is 0.323. The molecule has 2 aromatic carbocycles. The van der Waals surface area contributed by atoms with Crippen LogP contribution in [0.2, 0.25) is 0 Å². The Morgan fingerprint density at radius 1 is 1.14 bits per heavy atom. The van der Waals surface area contributed by atoms with Gasteiger partial charge in [0.1, 0.15) is 0 Å². The minimum atomic E-state index is -4.04. The van der Waals surface area contributed by atoms with E-state index in [4.69, 9.17) is 9.47 Å². The van der Waals surface area contributed by atoms with E-state index in [0.29, 0.717) is 13.0 Å². The number of thioether (sulfide) groups is 1. The normalized spacial score (nSPS) is 17.8. The number of methoxy groups -OCH3 is 2. The summed E-state index contributed by atoms with van der Waals surface area (Å²) in [4.78, 5) is 4.58. The second kappa shape index (κ2) is 13.7. The van der Waals surface area contributed by atoms with Crippen LogP contribution in [0.25, 0.3) is 23.3 Å². The molecule has 0 bridgehead atoms. The molecule has 2 aliphatic heterocycles. The topological polar surface area (TPSA) is 80.0 Å². The average Bonchev–Trinajstić information content (AvgIpc) is 3.51. The first-order valence-corrected chi connectivity index (χ1v) is 19.5. The molecule has 0 saturated heterocycles. The molecule has 0 spiro atoms. The third-order valence-corrected chi connectivity index (χ3v) is 14.2. The minimum absolute atomic E-state index is 0.0374. The van der Waals surface area contributed by atoms with Gasteiger partial charge >= 0.3 is 225 Å². The molecule has 1 unspecified atom stereocenters. The first-order chi connectivity index (χ1) is 20.2. The van der Waals surface area contributed by atoms with Crippen LogP contribution in [0.15, 0.2) is 75.9 Å². The summed E-state index contributed by atoms with van der Waals surface area (Å²) in [7, 11) is -0.577. The van der Waals surface area contributed by atoms with Crippen LogP contribution in [-0.2, 0) is 26.1 Å². The number of nitrogens with zero attached hydrogens (tertiary/aromatic N) is 2. The fourth-order valence-corrected chi connectivity index (χ4v) is 11.8. The molecule has 0 radical (unpaired) electrons. The zero-order valence-corrected chi connectivity index (χ0v) is 28.9. The summed E-state index contributed by atoms with van der Waals surface area (Å²) in [5, 5.41) is 2.26. The number of fused-ring (bicyclic) bond motifs is 2. The summed E-state index contributed by atoms with van der Waals surface area (Å²) in [5.41, 5.74) is 4.48. The summed E-state index contributed by atoms with van der Waals surface area (Å²) in [6, 6.07) is 16.7. The van der Waals surface area contributed by atoms with Gasteiger partial charge in [-0.25, -0.2) is 0 Å². The van der Waals surface area contributed by atoms with Gasteiger partial charge in [0.05, 0.1) is 0 Å². The van der Waals surface area contributed by atoms with Crippen molar-refractivity contribution in [3.63, 3.8) is 0 Å². The second-order valence-corrected chi connectivity index (χ2v) is 16.5. The predicted molar refractivity (Wildman–Crippen MR) is 174 cm³/mol. The standard InChI is InChI=1S/C31H34N2O5S3Te/c1-5-21(17-28-32(6-2)30-27(40-28)20-25(37-3)31(38-4)42-30)18-29-33(15-10-16-41(34,35)36)24-19-23(13-14-26(24)39-29)22-11-8-7-9-12-22/h7-9,11-14,17-20,31H,5-6,10,15-16H2,1-4H3/p+1. The number of rotatable bonds is 11. The molecule has 222 valence electrons. The molecule has 2 aliphatic rings. The summed E-state index contributed by atoms with van der Waals surface area (Å²) in [6.45, 7) is 5.71. The molecule has 42 heavy (non-hydrogen) atoms. The first kappa shape index (κ1) is 31.3. The molecular formula is C31H35N2O5S3Te+. The van der Waals surface area contributed by atoms with Gasteiger partial charge in [0.25, 0.3) is 0 Å². The third kappa shape index (κ3) is 6.99. The molecule has 1 N–H and O–H groups in total. The summed E-state index contributed by atoms with van der Waals surface area (Å²) >= 11 is 2.85. The smallest absolute Gasteiger partial charge is 0.286 e. The Labute approximate surface area is 266 Å². The monoisotopic (exact) mass is 741 g/mol. The number of benzene rings is 2. The van der Waals surface area contributed by atoms with Crippen molar-refractivity contribution in [1.82, 2.24) is 0 Å². The zero-order chi connectivity index (χ0) is 29.9. The number of allylic oxidation sites excluding steroid dienone is 2. The van der Waals surface area contributed by atoms with Crippen LogP contribution in [0.3, 0.4) is 0 Å². The van der Waals surface area contributed by atoms with E-state index in [1.54, 1.807) is 37.3 Å². The van der Waals surface area contributed by atoms with Gasteiger partial charge in [-0.2, -0.15) is 8.42 Å². The van der Waals surface area contributed by atoms with Crippen molar-refractivity contribution >= 4 is 75.7 Å².